The maximum Gasteiger partial charge on any atom is 2.00 e. The van der Waals surface area contributed by atoms with Crippen molar-refractivity contribution in [3.05, 3.63) is 61.3 Å². The van der Waals surface area contributed by atoms with E-state index in [2.05, 4.69) is 32.3 Å². The van der Waals surface area contributed by atoms with Crippen molar-refractivity contribution in [1.82, 2.24) is 19.9 Å². The average Bonchev–Trinajstić information content (AvgIpc) is 2.51. The van der Waals surface area contributed by atoms with E-state index in [0.717, 1.165) is 0 Å². The molecule has 0 unspecified atom stereocenters. The normalized spacial score (nSPS) is 8.84. The summed E-state index contributed by atoms with van der Waals surface area (Å²) in [5.41, 5.74) is 0.993. The third-order valence-electron chi connectivity index (χ3n) is 1.67. The minimum Gasteiger partial charge on any atom is -0.372 e. The Balaban J connectivity index is 0.000000345. The van der Waals surface area contributed by atoms with E-state index >= 15 is 0 Å². The smallest absolute Gasteiger partial charge is 0.372 e. The van der Waals surface area contributed by atoms with Crippen LogP contribution in [0, 0.1) is 12.4 Å². The summed E-state index contributed by atoms with van der Waals surface area (Å²) in [6, 6.07) is 12.5. The summed E-state index contributed by atoms with van der Waals surface area (Å²) in [6.45, 7) is 4.00. The largest absolute Gasteiger partial charge is 2.00 e. The van der Waals surface area contributed by atoms with Gasteiger partial charge in [0, 0.05) is 24.2 Å². The Bertz CT molecular complexity index is 566. The van der Waals surface area contributed by atoms with E-state index in [1.807, 2.05) is 44.2 Å². The van der Waals surface area contributed by atoms with Gasteiger partial charge >= 0.3 is 21.1 Å². The molecule has 0 aliphatic rings. The van der Waals surface area contributed by atoms with Gasteiger partial charge in [-0.25, -0.2) is 0 Å². The zero-order chi connectivity index (χ0) is 13.9. The molecule has 0 amide bonds. The number of rotatable bonds is 0. The van der Waals surface area contributed by atoms with Gasteiger partial charge in [-0.3, -0.25) is 9.97 Å². The molecule has 1 aromatic carbocycles. The van der Waals surface area contributed by atoms with Crippen LogP contribution in [0.4, 0.5) is 0 Å². The summed E-state index contributed by atoms with van der Waals surface area (Å²) in [4.78, 5) is 15.0. The Morgan fingerprint density at radius 1 is 1.11 bits per heavy atom. The van der Waals surface area contributed by atoms with Crippen LogP contribution in [0.5, 0.6) is 0 Å². The summed E-state index contributed by atoms with van der Waals surface area (Å²) >= 11 is 0. The number of aromatic nitrogens is 4. The number of hydrogen-bond donors (Lipinski definition) is 0. The van der Waals surface area contributed by atoms with Gasteiger partial charge in [-0.05, 0) is 0 Å². The summed E-state index contributed by atoms with van der Waals surface area (Å²) in [6.07, 6.45) is 5.34. The van der Waals surface area contributed by atoms with Crippen LogP contribution in [0.3, 0.4) is 0 Å². The second kappa shape index (κ2) is 11.4. The molecule has 0 bridgehead atoms. The van der Waals surface area contributed by atoms with E-state index in [9.17, 15) is 0 Å². The molecule has 0 atom stereocenters. The molecule has 5 heteroatoms. The van der Waals surface area contributed by atoms with Crippen molar-refractivity contribution in [3.63, 3.8) is 0 Å². The second-order valence-corrected chi connectivity index (χ2v) is 2.76. The number of fused-ring (bicyclic) bond motifs is 1. The van der Waals surface area contributed by atoms with Gasteiger partial charge in [-0.2, -0.15) is 36.4 Å². The van der Waals surface area contributed by atoms with Crippen molar-refractivity contribution in [1.29, 1.82) is 0 Å². The molecule has 0 saturated carbocycles. The van der Waals surface area contributed by atoms with Crippen molar-refractivity contribution < 1.29 is 22.4 Å². The molecular weight excluding hydrogens is 408 g/mol. The maximum atomic E-state index is 7.13. The Morgan fingerprint density at radius 2 is 1.84 bits per heavy atom. The van der Waals surface area contributed by atoms with Crippen LogP contribution in [0.2, 0.25) is 0 Å². The molecule has 3 aromatic rings. The summed E-state index contributed by atoms with van der Waals surface area (Å²) < 4.78 is 7.13. The SMILES string of the molecule is CC.[2H]c1cnc2cn[c-]nc2n1.[W+2].[c-]1ccccc1. The van der Waals surface area contributed by atoms with Gasteiger partial charge < -0.3 is 9.97 Å². The number of benzene rings is 1. The molecule has 4 nitrogen and oxygen atoms in total. The summed E-state index contributed by atoms with van der Waals surface area (Å²) in [7, 11) is 0. The van der Waals surface area contributed by atoms with Crippen LogP contribution in [-0.2, 0) is 21.1 Å². The summed E-state index contributed by atoms with van der Waals surface area (Å²) in [5.74, 6) is 0. The topological polar surface area (TPSA) is 51.6 Å². The number of hydrogen-bond acceptors (Lipinski definition) is 4. The average molecular weight is 423 g/mol. The first kappa shape index (κ1) is 15.4. The molecule has 0 fully saturated rings. The van der Waals surface area contributed by atoms with Crippen LogP contribution >= 0.6 is 0 Å². The maximum absolute atomic E-state index is 7.13. The van der Waals surface area contributed by atoms with E-state index < -0.39 is 0 Å². The van der Waals surface area contributed by atoms with Crippen molar-refractivity contribution in [2.24, 2.45) is 0 Å². The standard InChI is InChI=1S/C6H3N4.C6H5.C2H6.W/c1-2-9-6-5(8-1)3-7-4-10-6;1-2-4-6-5-3-1;1-2;/h1-3H;1-5H;1-2H3;/q2*-1;;+2/i2D;;;. The van der Waals surface area contributed by atoms with Crippen molar-refractivity contribution in [3.8, 4) is 0 Å². The molecule has 2 heterocycles. The van der Waals surface area contributed by atoms with Gasteiger partial charge in [0.05, 0.1) is 7.02 Å². The van der Waals surface area contributed by atoms with Gasteiger partial charge in [-0.1, -0.05) is 20.0 Å². The fourth-order valence-corrected chi connectivity index (χ4v) is 0.985. The zero-order valence-corrected chi connectivity index (χ0v) is 13.7. The van der Waals surface area contributed by atoms with Gasteiger partial charge in [0.1, 0.15) is 0 Å². The molecule has 2 aromatic heterocycles. The molecule has 0 radical (unpaired) electrons. The molecule has 0 aliphatic carbocycles. The Kier molecular flexibility index (Phi) is 9.25. The third-order valence-corrected chi connectivity index (χ3v) is 1.67. The van der Waals surface area contributed by atoms with E-state index in [1.165, 1.54) is 12.4 Å². The van der Waals surface area contributed by atoms with Gasteiger partial charge in [-0.15, -0.1) is 0 Å². The van der Waals surface area contributed by atoms with E-state index in [-0.39, 0.29) is 27.2 Å². The van der Waals surface area contributed by atoms with Gasteiger partial charge in [0.15, 0.2) is 0 Å². The van der Waals surface area contributed by atoms with Crippen LogP contribution in [0.15, 0.2) is 48.9 Å². The van der Waals surface area contributed by atoms with E-state index in [4.69, 9.17) is 1.37 Å². The molecule has 3 rings (SSSR count). The minimum absolute atomic E-state index is 0. The first-order chi connectivity index (χ1) is 9.36. The number of nitrogens with zero attached hydrogens (tertiary/aromatic N) is 4. The van der Waals surface area contributed by atoms with Crippen LogP contribution < -0.4 is 0 Å². The Labute approximate surface area is 129 Å². The van der Waals surface area contributed by atoms with E-state index in [1.54, 1.807) is 0 Å². The van der Waals surface area contributed by atoms with Crippen LogP contribution in [0.25, 0.3) is 11.2 Å². The molecule has 0 saturated heterocycles. The quantitative estimate of drug-likeness (QED) is 0.522. The van der Waals surface area contributed by atoms with Crippen molar-refractivity contribution >= 4 is 11.2 Å². The third kappa shape index (κ3) is 6.72. The Morgan fingerprint density at radius 3 is 2.42 bits per heavy atom. The minimum atomic E-state index is 0. The van der Waals surface area contributed by atoms with Gasteiger partial charge in [0.25, 0.3) is 0 Å². The molecule has 0 spiro atoms. The molecule has 0 aliphatic heterocycles. The first-order valence-corrected chi connectivity index (χ1v) is 5.60. The van der Waals surface area contributed by atoms with E-state index in [0.29, 0.717) is 11.2 Å². The molecule has 19 heavy (non-hydrogen) atoms. The Hall–Kier alpha value is -1.67. The fraction of sp³-hybridized carbons (Fsp3) is 0.143. The second-order valence-electron chi connectivity index (χ2n) is 2.76. The van der Waals surface area contributed by atoms with Gasteiger partial charge in [0.2, 0.25) is 0 Å². The predicted octanol–water partition coefficient (Wildman–Crippen LogP) is 2.73. The fourth-order valence-electron chi connectivity index (χ4n) is 0.985. The zero-order valence-electron chi connectivity index (χ0n) is 11.7. The first-order valence-electron chi connectivity index (χ1n) is 6.10. The summed E-state index contributed by atoms with van der Waals surface area (Å²) in [5, 5.41) is 0. The van der Waals surface area contributed by atoms with Crippen LogP contribution in [-0.4, -0.2) is 19.9 Å². The van der Waals surface area contributed by atoms with Crippen molar-refractivity contribution in [2.45, 2.75) is 13.8 Å². The molecular formula is C14H14N4W. The monoisotopic (exact) mass is 423 g/mol. The molecule has 96 valence electrons. The predicted molar refractivity (Wildman–Crippen MR) is 70.6 cm³/mol. The molecule has 0 N–H and O–H groups in total. The van der Waals surface area contributed by atoms with Crippen molar-refractivity contribution in [2.75, 3.05) is 0 Å². The van der Waals surface area contributed by atoms with Crippen LogP contribution in [0.1, 0.15) is 15.2 Å².